The van der Waals surface area contributed by atoms with E-state index in [0.29, 0.717) is 6.54 Å². The maximum Gasteiger partial charge on any atom is 0.376 e. The van der Waals surface area contributed by atoms with E-state index in [9.17, 15) is 4.46 Å². The van der Waals surface area contributed by atoms with Gasteiger partial charge in [0, 0.05) is 26.2 Å². The second-order valence-electron chi connectivity index (χ2n) is 1.61. The predicted molar refractivity (Wildman–Crippen MR) is 37.8 cm³/mol. The van der Waals surface area contributed by atoms with Gasteiger partial charge >= 0.3 is 9.57 Å². The zero-order valence-electron chi connectivity index (χ0n) is 5.39. The molecular formula is C4H13N3OSi. The van der Waals surface area contributed by atoms with Crippen molar-refractivity contribution >= 4 is 9.57 Å². The largest absolute Gasteiger partial charge is 0.391 e. The fraction of sp³-hybridized carbons (Fsp3) is 1.00. The third kappa shape index (κ3) is 7.74. The number of hydrogen-bond donors (Lipinski definition) is 3. The molecule has 0 aliphatic heterocycles. The molecule has 0 rings (SSSR count). The average molecular weight is 147 g/mol. The third-order valence-electron chi connectivity index (χ3n) is 0.851. The first-order chi connectivity index (χ1) is 4.41. The summed E-state index contributed by atoms with van der Waals surface area (Å²) in [5, 5.41) is 3.06. The minimum Gasteiger partial charge on any atom is -0.391 e. The number of nitrogens with one attached hydrogen (secondary N) is 2. The molecule has 0 saturated heterocycles. The molecule has 0 radical (unpaired) electrons. The molecule has 4 N–H and O–H groups in total. The van der Waals surface area contributed by atoms with Gasteiger partial charge in [-0.1, -0.05) is 0 Å². The summed E-state index contributed by atoms with van der Waals surface area (Å²) in [5.74, 6) is 0. The van der Waals surface area contributed by atoms with Crippen molar-refractivity contribution in [2.75, 3.05) is 26.2 Å². The van der Waals surface area contributed by atoms with Crippen molar-refractivity contribution in [3.63, 3.8) is 0 Å². The molecule has 5 heteroatoms. The molecule has 0 heterocycles. The number of nitrogens with two attached hydrogens (primary N) is 1. The summed E-state index contributed by atoms with van der Waals surface area (Å²) < 4.78 is 9.88. The van der Waals surface area contributed by atoms with Crippen LogP contribution >= 0.6 is 0 Å². The monoisotopic (exact) mass is 147 g/mol. The summed E-state index contributed by atoms with van der Waals surface area (Å²) in [6.45, 7) is 3.09. The summed E-state index contributed by atoms with van der Waals surface area (Å²) in [4.78, 5) is 2.73. The van der Waals surface area contributed by atoms with Crippen LogP contribution in [0, 0.1) is 0 Å². The van der Waals surface area contributed by atoms with Crippen LogP contribution in [0.15, 0.2) is 0 Å². The van der Waals surface area contributed by atoms with Crippen molar-refractivity contribution in [2.45, 2.75) is 0 Å². The summed E-state index contributed by atoms with van der Waals surface area (Å²) in [6.07, 6.45) is 0. The molecule has 54 valence electrons. The van der Waals surface area contributed by atoms with Crippen molar-refractivity contribution < 1.29 is 4.46 Å². The first-order valence-corrected chi connectivity index (χ1v) is 4.04. The van der Waals surface area contributed by atoms with E-state index < -0.39 is 9.57 Å². The van der Waals surface area contributed by atoms with Crippen LogP contribution in [0.3, 0.4) is 0 Å². The van der Waals surface area contributed by atoms with Crippen LogP contribution in [0.25, 0.3) is 0 Å². The summed E-state index contributed by atoms with van der Waals surface area (Å²) >= 11 is 0. The smallest absolute Gasteiger partial charge is 0.376 e. The van der Waals surface area contributed by atoms with E-state index >= 15 is 0 Å². The molecular weight excluding hydrogens is 134 g/mol. The van der Waals surface area contributed by atoms with Crippen molar-refractivity contribution in [2.24, 2.45) is 5.73 Å². The Morgan fingerprint density at radius 2 is 2.11 bits per heavy atom. The lowest BCUT2D eigenvalue weighted by Crippen LogP contribution is -2.30. The molecule has 0 spiro atoms. The lowest BCUT2D eigenvalue weighted by atomic mass is 10.6. The van der Waals surface area contributed by atoms with E-state index in [0.717, 1.165) is 19.6 Å². The van der Waals surface area contributed by atoms with Gasteiger partial charge in [-0.3, -0.25) is 0 Å². The molecule has 9 heavy (non-hydrogen) atoms. The summed E-state index contributed by atoms with van der Waals surface area (Å²) in [5.41, 5.74) is 5.20. The van der Waals surface area contributed by atoms with Crippen molar-refractivity contribution in [3.05, 3.63) is 0 Å². The van der Waals surface area contributed by atoms with E-state index in [1.54, 1.807) is 0 Å². The molecule has 0 aromatic carbocycles. The van der Waals surface area contributed by atoms with E-state index in [4.69, 9.17) is 5.73 Å². The van der Waals surface area contributed by atoms with E-state index in [1.165, 1.54) is 0 Å². The molecule has 0 saturated carbocycles. The van der Waals surface area contributed by atoms with Gasteiger partial charge in [0.1, 0.15) is 0 Å². The van der Waals surface area contributed by atoms with E-state index in [2.05, 4.69) is 10.3 Å². The van der Waals surface area contributed by atoms with Crippen LogP contribution in [0.1, 0.15) is 0 Å². The zero-order chi connectivity index (χ0) is 6.95. The van der Waals surface area contributed by atoms with Crippen molar-refractivity contribution in [3.8, 4) is 0 Å². The first kappa shape index (κ1) is 8.74. The highest BCUT2D eigenvalue weighted by atomic mass is 28.2. The normalized spacial score (nSPS) is 9.00. The van der Waals surface area contributed by atoms with Crippen LogP contribution in [-0.2, 0) is 4.46 Å². The van der Waals surface area contributed by atoms with Crippen LogP contribution in [-0.4, -0.2) is 35.7 Å². The minimum atomic E-state index is -0.797. The lowest BCUT2D eigenvalue weighted by molar-refractivity contribution is 0.563. The van der Waals surface area contributed by atoms with Gasteiger partial charge in [-0.05, 0) is 0 Å². The van der Waals surface area contributed by atoms with Gasteiger partial charge in [0.25, 0.3) is 0 Å². The zero-order valence-corrected chi connectivity index (χ0v) is 6.55. The molecule has 0 fully saturated rings. The lowest BCUT2D eigenvalue weighted by Gasteiger charge is -1.99. The Kier molecular flexibility index (Phi) is 7.51. The highest BCUT2D eigenvalue weighted by molar-refractivity contribution is 6.12. The van der Waals surface area contributed by atoms with Crippen LogP contribution in [0.4, 0.5) is 0 Å². The van der Waals surface area contributed by atoms with Gasteiger partial charge in [0.2, 0.25) is 0 Å². The summed E-state index contributed by atoms with van der Waals surface area (Å²) in [6, 6.07) is 0. The van der Waals surface area contributed by atoms with Gasteiger partial charge < -0.3 is 20.5 Å². The SMILES string of the molecule is NCCNCCN[SiH]=O. The van der Waals surface area contributed by atoms with Gasteiger partial charge in [-0.15, -0.1) is 0 Å². The second kappa shape index (κ2) is 7.74. The van der Waals surface area contributed by atoms with Gasteiger partial charge in [-0.25, -0.2) is 0 Å². The van der Waals surface area contributed by atoms with Crippen LogP contribution in [0.2, 0.25) is 0 Å². The Balaban J connectivity index is 2.66. The highest BCUT2D eigenvalue weighted by Gasteiger charge is 1.81. The highest BCUT2D eigenvalue weighted by Crippen LogP contribution is 1.53. The Morgan fingerprint density at radius 1 is 1.33 bits per heavy atom. The van der Waals surface area contributed by atoms with E-state index in [-0.39, 0.29) is 0 Å². The predicted octanol–water partition coefficient (Wildman–Crippen LogP) is -2.18. The third-order valence-corrected chi connectivity index (χ3v) is 1.31. The van der Waals surface area contributed by atoms with E-state index in [1.807, 2.05) is 0 Å². The molecule has 0 amide bonds. The Morgan fingerprint density at radius 3 is 2.67 bits per heavy atom. The standard InChI is InChI=1S/C4H13N3OSi/c5-1-2-6-3-4-7-9-8/h6-7,9H,1-5H2. The Labute approximate surface area is 57.2 Å². The molecule has 4 nitrogen and oxygen atoms in total. The molecule has 0 aliphatic rings. The van der Waals surface area contributed by atoms with Crippen molar-refractivity contribution in [1.82, 2.24) is 10.3 Å². The molecule has 0 atom stereocenters. The molecule has 0 unspecified atom stereocenters. The van der Waals surface area contributed by atoms with Crippen LogP contribution in [0.5, 0.6) is 0 Å². The molecule has 0 aromatic rings. The Hall–Kier alpha value is -0.263. The first-order valence-electron chi connectivity index (χ1n) is 2.99. The van der Waals surface area contributed by atoms with Crippen LogP contribution < -0.4 is 16.0 Å². The maximum atomic E-state index is 9.88. The number of rotatable bonds is 6. The number of hydrogen-bond acceptors (Lipinski definition) is 3. The fourth-order valence-electron chi connectivity index (χ4n) is 0.447. The van der Waals surface area contributed by atoms with Gasteiger partial charge in [0.15, 0.2) is 0 Å². The van der Waals surface area contributed by atoms with Gasteiger partial charge in [-0.2, -0.15) is 0 Å². The maximum absolute atomic E-state index is 9.88. The quantitative estimate of drug-likeness (QED) is 0.295. The minimum absolute atomic E-state index is 0.657. The molecule has 0 aromatic heterocycles. The topological polar surface area (TPSA) is 67.2 Å². The van der Waals surface area contributed by atoms with Gasteiger partial charge in [0.05, 0.1) is 0 Å². The molecule has 0 bridgehead atoms. The summed E-state index contributed by atoms with van der Waals surface area (Å²) in [7, 11) is -0.797. The van der Waals surface area contributed by atoms with Crippen molar-refractivity contribution in [1.29, 1.82) is 0 Å². The fourth-order valence-corrected chi connectivity index (χ4v) is 0.709. The molecule has 0 aliphatic carbocycles. The average Bonchev–Trinajstić information content (AvgIpc) is 1.89. The Bertz CT molecular complexity index is 70.8. The second-order valence-corrected chi connectivity index (χ2v) is 2.25.